The fraction of sp³-hybridized carbons (Fsp3) is 0.562. The van der Waals surface area contributed by atoms with E-state index in [9.17, 15) is 4.79 Å². The van der Waals surface area contributed by atoms with Crippen molar-refractivity contribution in [3.05, 3.63) is 29.8 Å². The van der Waals surface area contributed by atoms with Crippen LogP contribution in [0, 0.1) is 0 Å². The van der Waals surface area contributed by atoms with Gasteiger partial charge in [0.15, 0.2) is 0 Å². The van der Waals surface area contributed by atoms with Gasteiger partial charge in [-0.3, -0.25) is 9.69 Å². The maximum absolute atomic E-state index is 12.2. The highest BCUT2D eigenvalue weighted by Gasteiger charge is 2.35. The monoisotopic (exact) mass is 295 g/mol. The van der Waals surface area contributed by atoms with E-state index in [0.717, 1.165) is 36.9 Å². The van der Waals surface area contributed by atoms with E-state index >= 15 is 0 Å². The molecule has 1 amide bonds. The molecule has 0 aliphatic carbocycles. The zero-order chi connectivity index (χ0) is 14.5. The first-order chi connectivity index (χ1) is 9.72. The van der Waals surface area contributed by atoms with Gasteiger partial charge in [-0.1, -0.05) is 44.9 Å². The van der Waals surface area contributed by atoms with E-state index < -0.39 is 0 Å². The number of carbonyl (C=O) groups excluding carboxylic acids is 1. The van der Waals surface area contributed by atoms with Crippen LogP contribution in [0.2, 0.25) is 0 Å². The van der Waals surface area contributed by atoms with Crippen molar-refractivity contribution in [2.24, 2.45) is 0 Å². The van der Waals surface area contributed by atoms with Crippen LogP contribution in [-0.4, -0.2) is 18.0 Å². The normalized spacial score (nSPS) is 21.6. The van der Waals surface area contributed by atoms with Crippen molar-refractivity contribution in [3.63, 3.8) is 0 Å². The number of amides is 1. The zero-order valence-corrected chi connectivity index (χ0v) is 12.9. The standard InChI is InChI=1S/C16H22ClNO2/c1-3-7-14-12-9-5-6-10-13(12)18(15(19)11-17)16(20-14)8-4-2/h5-6,9-10,14,16H,3-4,7-8,11H2,1-2H3. The third-order valence-electron chi connectivity index (χ3n) is 3.62. The highest BCUT2D eigenvalue weighted by atomic mass is 35.5. The van der Waals surface area contributed by atoms with Gasteiger partial charge in [0, 0.05) is 5.56 Å². The molecule has 2 rings (SSSR count). The van der Waals surface area contributed by atoms with Gasteiger partial charge in [-0.2, -0.15) is 0 Å². The lowest BCUT2D eigenvalue weighted by molar-refractivity contribution is -0.122. The van der Waals surface area contributed by atoms with E-state index in [-0.39, 0.29) is 24.1 Å². The zero-order valence-electron chi connectivity index (χ0n) is 12.1. The Morgan fingerprint density at radius 1 is 1.25 bits per heavy atom. The van der Waals surface area contributed by atoms with Crippen molar-refractivity contribution in [2.45, 2.75) is 51.9 Å². The molecule has 1 aromatic rings. The van der Waals surface area contributed by atoms with Crippen molar-refractivity contribution >= 4 is 23.2 Å². The fourth-order valence-corrected chi connectivity index (χ4v) is 2.88. The number of fused-ring (bicyclic) bond motifs is 1. The summed E-state index contributed by atoms with van der Waals surface area (Å²) in [6.45, 7) is 4.25. The second kappa shape index (κ2) is 7.09. The van der Waals surface area contributed by atoms with Crippen molar-refractivity contribution in [3.8, 4) is 0 Å². The van der Waals surface area contributed by atoms with Crippen LogP contribution in [0.3, 0.4) is 0 Å². The molecule has 20 heavy (non-hydrogen) atoms. The lowest BCUT2D eigenvalue weighted by Crippen LogP contribution is -2.47. The van der Waals surface area contributed by atoms with E-state index in [4.69, 9.17) is 16.3 Å². The van der Waals surface area contributed by atoms with Crippen LogP contribution in [0.5, 0.6) is 0 Å². The van der Waals surface area contributed by atoms with Crippen LogP contribution >= 0.6 is 11.6 Å². The second-order valence-electron chi connectivity index (χ2n) is 5.11. The first-order valence-electron chi connectivity index (χ1n) is 7.35. The molecule has 2 unspecified atom stereocenters. The van der Waals surface area contributed by atoms with Crippen LogP contribution in [0.15, 0.2) is 24.3 Å². The summed E-state index contributed by atoms with van der Waals surface area (Å²) >= 11 is 5.77. The number of halogens is 1. The maximum Gasteiger partial charge on any atom is 0.244 e. The number of para-hydroxylation sites is 1. The molecule has 1 aliphatic heterocycles. The number of hydrogen-bond donors (Lipinski definition) is 0. The number of hydrogen-bond acceptors (Lipinski definition) is 2. The number of rotatable bonds is 5. The number of anilines is 1. The van der Waals surface area contributed by atoms with Gasteiger partial charge < -0.3 is 4.74 Å². The lowest BCUT2D eigenvalue weighted by atomic mass is 9.99. The molecular weight excluding hydrogens is 274 g/mol. The van der Waals surface area contributed by atoms with Gasteiger partial charge in [-0.15, -0.1) is 11.6 Å². The molecule has 1 aliphatic rings. The molecule has 4 heteroatoms. The van der Waals surface area contributed by atoms with E-state index in [1.54, 1.807) is 4.90 Å². The van der Waals surface area contributed by atoms with Gasteiger partial charge in [0.2, 0.25) is 5.91 Å². The highest BCUT2D eigenvalue weighted by Crippen LogP contribution is 2.40. The van der Waals surface area contributed by atoms with E-state index in [2.05, 4.69) is 13.8 Å². The van der Waals surface area contributed by atoms with E-state index in [1.807, 2.05) is 24.3 Å². The molecule has 110 valence electrons. The van der Waals surface area contributed by atoms with Gasteiger partial charge in [0.25, 0.3) is 0 Å². The van der Waals surface area contributed by atoms with Gasteiger partial charge in [-0.25, -0.2) is 0 Å². The smallest absolute Gasteiger partial charge is 0.244 e. The summed E-state index contributed by atoms with van der Waals surface area (Å²) in [5, 5.41) is 0. The predicted molar refractivity (Wildman–Crippen MR) is 82.1 cm³/mol. The molecule has 0 spiro atoms. The summed E-state index contributed by atoms with van der Waals surface area (Å²) < 4.78 is 6.18. The number of carbonyl (C=O) groups is 1. The van der Waals surface area contributed by atoms with Gasteiger partial charge in [-0.05, 0) is 18.9 Å². The quantitative estimate of drug-likeness (QED) is 0.760. The molecule has 0 fully saturated rings. The number of nitrogens with zero attached hydrogens (tertiary/aromatic N) is 1. The minimum Gasteiger partial charge on any atom is -0.350 e. The Morgan fingerprint density at radius 2 is 1.95 bits per heavy atom. The second-order valence-corrected chi connectivity index (χ2v) is 5.38. The minimum atomic E-state index is -0.197. The van der Waals surface area contributed by atoms with Crippen LogP contribution in [0.4, 0.5) is 5.69 Å². The molecule has 3 nitrogen and oxygen atoms in total. The van der Waals surface area contributed by atoms with Crippen molar-refractivity contribution < 1.29 is 9.53 Å². The van der Waals surface area contributed by atoms with Crippen LogP contribution in [0.1, 0.15) is 51.2 Å². The van der Waals surface area contributed by atoms with Gasteiger partial charge in [0.1, 0.15) is 12.1 Å². The molecule has 0 saturated carbocycles. The van der Waals surface area contributed by atoms with Crippen LogP contribution in [0.25, 0.3) is 0 Å². The average molecular weight is 296 g/mol. The first kappa shape index (κ1) is 15.3. The Labute approximate surface area is 125 Å². The third-order valence-corrected chi connectivity index (χ3v) is 3.85. The summed E-state index contributed by atoms with van der Waals surface area (Å²) in [5.41, 5.74) is 2.06. The SMILES string of the molecule is CCCC1OC(CCC)N(C(=O)CCl)c2ccccc21. The Balaban J connectivity index is 2.41. The molecule has 0 bridgehead atoms. The Morgan fingerprint density at radius 3 is 2.60 bits per heavy atom. The topological polar surface area (TPSA) is 29.5 Å². The molecule has 1 aromatic carbocycles. The van der Waals surface area contributed by atoms with Crippen molar-refractivity contribution in [1.82, 2.24) is 0 Å². The fourth-order valence-electron chi connectivity index (χ4n) is 2.75. The van der Waals surface area contributed by atoms with Gasteiger partial charge >= 0.3 is 0 Å². The molecule has 2 atom stereocenters. The van der Waals surface area contributed by atoms with E-state index in [0.29, 0.717) is 0 Å². The summed E-state index contributed by atoms with van der Waals surface area (Å²) in [7, 11) is 0. The number of benzene rings is 1. The Hall–Kier alpha value is -1.06. The molecule has 0 saturated heterocycles. The summed E-state index contributed by atoms with van der Waals surface area (Å²) in [5.74, 6) is -0.108. The summed E-state index contributed by atoms with van der Waals surface area (Å²) in [6, 6.07) is 8.00. The molecular formula is C16H22ClNO2. The number of ether oxygens (including phenoxy) is 1. The Kier molecular flexibility index (Phi) is 5.44. The van der Waals surface area contributed by atoms with Crippen molar-refractivity contribution in [1.29, 1.82) is 0 Å². The largest absolute Gasteiger partial charge is 0.350 e. The first-order valence-corrected chi connectivity index (χ1v) is 7.88. The molecule has 1 heterocycles. The van der Waals surface area contributed by atoms with Gasteiger partial charge in [0.05, 0.1) is 11.8 Å². The third kappa shape index (κ3) is 2.99. The highest BCUT2D eigenvalue weighted by molar-refractivity contribution is 6.29. The average Bonchev–Trinajstić information content (AvgIpc) is 2.47. The van der Waals surface area contributed by atoms with E-state index in [1.165, 1.54) is 0 Å². The minimum absolute atomic E-state index is 0.0175. The molecule has 0 aromatic heterocycles. The number of alkyl halides is 1. The predicted octanol–water partition coefficient (Wildman–Crippen LogP) is 4.26. The maximum atomic E-state index is 12.2. The van der Waals surface area contributed by atoms with Crippen LogP contribution < -0.4 is 4.90 Å². The molecule has 0 radical (unpaired) electrons. The molecule has 0 N–H and O–H groups in total. The lowest BCUT2D eigenvalue weighted by Gasteiger charge is -2.41. The summed E-state index contributed by atoms with van der Waals surface area (Å²) in [6.07, 6.45) is 3.71. The Bertz CT molecular complexity index is 464. The van der Waals surface area contributed by atoms with Crippen molar-refractivity contribution in [2.75, 3.05) is 10.8 Å². The van der Waals surface area contributed by atoms with Crippen LogP contribution in [-0.2, 0) is 9.53 Å². The summed E-state index contributed by atoms with van der Waals surface area (Å²) in [4.78, 5) is 13.9.